The summed E-state index contributed by atoms with van der Waals surface area (Å²) in [6.07, 6.45) is 16.6. The Labute approximate surface area is 248 Å². The van der Waals surface area contributed by atoms with Gasteiger partial charge in [0.2, 0.25) is 5.91 Å². The first-order valence-corrected chi connectivity index (χ1v) is 16.3. The Morgan fingerprint density at radius 3 is 2.44 bits per heavy atom. The van der Waals surface area contributed by atoms with E-state index in [1.165, 1.54) is 25.7 Å². The number of carbonyl (C=O) groups is 2. The molecule has 1 heterocycles. The highest BCUT2D eigenvalue weighted by atomic mass is 16.6. The number of aliphatic hydroxyl groups is 1. The van der Waals surface area contributed by atoms with Gasteiger partial charge in [0.15, 0.2) is 0 Å². The normalized spacial score (nSPS) is 46.3. The lowest BCUT2D eigenvalue weighted by atomic mass is 9.41. The van der Waals surface area contributed by atoms with Gasteiger partial charge in [0.05, 0.1) is 6.10 Å². The smallest absolute Gasteiger partial charge is 0.329 e. The van der Waals surface area contributed by atoms with E-state index in [0.29, 0.717) is 29.2 Å². The molecule has 5 aliphatic rings. The van der Waals surface area contributed by atoms with E-state index < -0.39 is 6.04 Å². The predicted octanol–water partition coefficient (Wildman–Crippen LogP) is 7.16. The molecule has 228 valence electrons. The minimum Gasteiger partial charge on any atom is -0.461 e. The third kappa shape index (κ3) is 4.59. The molecular weight excluding hydrogens is 510 g/mol. The Morgan fingerprint density at radius 1 is 1.07 bits per heavy atom. The number of cyclic esters (lactones) is 1. The highest BCUT2D eigenvalue weighted by molar-refractivity contribution is 5.96. The third-order valence-electron chi connectivity index (χ3n) is 13.7. The molecule has 0 bridgehead atoms. The second-order valence-corrected chi connectivity index (χ2v) is 15.9. The van der Waals surface area contributed by atoms with Crippen molar-refractivity contribution >= 4 is 11.9 Å². The van der Waals surface area contributed by atoms with Crippen LogP contribution in [0.25, 0.3) is 0 Å². The van der Waals surface area contributed by atoms with E-state index in [9.17, 15) is 14.7 Å². The number of rotatable bonds is 5. The lowest BCUT2D eigenvalue weighted by Crippen LogP contribution is -2.57. The van der Waals surface area contributed by atoms with E-state index >= 15 is 0 Å². The average Bonchev–Trinajstić information content (AvgIpc) is 3.32. The number of allylic oxidation sites excluding steroid dienone is 5. The van der Waals surface area contributed by atoms with Crippen LogP contribution in [-0.2, 0) is 14.3 Å². The van der Waals surface area contributed by atoms with Gasteiger partial charge in [0.1, 0.15) is 12.1 Å². The maximum absolute atomic E-state index is 12.8. The molecule has 4 aliphatic carbocycles. The van der Waals surface area contributed by atoms with Crippen LogP contribution >= 0.6 is 0 Å². The van der Waals surface area contributed by atoms with Crippen LogP contribution in [0.1, 0.15) is 107 Å². The maximum atomic E-state index is 12.8. The first kappa shape index (κ1) is 30.6. The maximum Gasteiger partial charge on any atom is 0.329 e. The molecule has 5 nitrogen and oxygen atoms in total. The van der Waals surface area contributed by atoms with E-state index in [4.69, 9.17) is 4.74 Å². The van der Waals surface area contributed by atoms with Crippen molar-refractivity contribution in [1.82, 2.24) is 5.32 Å². The second-order valence-electron chi connectivity index (χ2n) is 15.9. The summed E-state index contributed by atoms with van der Waals surface area (Å²) in [6.45, 7) is 20.2. The zero-order chi connectivity index (χ0) is 30.1. The van der Waals surface area contributed by atoms with Crippen molar-refractivity contribution in [3.05, 3.63) is 35.5 Å². The topological polar surface area (TPSA) is 75.6 Å². The van der Waals surface area contributed by atoms with Gasteiger partial charge in [-0.2, -0.15) is 0 Å². The minimum absolute atomic E-state index is 0.0301. The fourth-order valence-corrected chi connectivity index (χ4v) is 10.5. The van der Waals surface area contributed by atoms with Crippen LogP contribution in [0.2, 0.25) is 0 Å². The highest BCUT2D eigenvalue weighted by Crippen LogP contribution is 2.73. The Hall–Kier alpha value is -1.88. The van der Waals surface area contributed by atoms with Crippen molar-refractivity contribution < 1.29 is 19.4 Å². The van der Waals surface area contributed by atoms with E-state index in [1.807, 2.05) is 32.9 Å². The molecule has 5 rings (SSSR count). The zero-order valence-corrected chi connectivity index (χ0v) is 27.0. The fourth-order valence-electron chi connectivity index (χ4n) is 10.5. The number of esters is 1. The van der Waals surface area contributed by atoms with Crippen molar-refractivity contribution in [3.63, 3.8) is 0 Å². The highest BCUT2D eigenvalue weighted by Gasteiger charge is 2.65. The van der Waals surface area contributed by atoms with Crippen molar-refractivity contribution in [2.75, 3.05) is 0 Å². The van der Waals surface area contributed by atoms with Crippen LogP contribution in [0.3, 0.4) is 0 Å². The molecule has 1 amide bonds. The van der Waals surface area contributed by atoms with Crippen LogP contribution in [0.4, 0.5) is 0 Å². The Bertz CT molecular complexity index is 1170. The summed E-state index contributed by atoms with van der Waals surface area (Å²) in [7, 11) is 0. The molecule has 0 radical (unpaired) electrons. The summed E-state index contributed by atoms with van der Waals surface area (Å²) in [4.78, 5) is 24.9. The van der Waals surface area contributed by atoms with Gasteiger partial charge in [-0.3, -0.25) is 4.79 Å². The SMILES string of the molecule is C/C(=C\C=C\[C@@H](C)[C@H]1CC[C@@]2(C)[C@@H]3CC[C@H]4C(C)(C)[C@@H](O)CC[C@]4(C)C3=CC[C@]12C)C(=O)N[C@@H]1C(=O)O[C@H](C)[C@@H]1C. The molecule has 0 spiro atoms. The van der Waals surface area contributed by atoms with E-state index in [2.05, 4.69) is 59.0 Å². The number of aliphatic hydroxyl groups excluding tert-OH is 1. The van der Waals surface area contributed by atoms with Crippen molar-refractivity contribution in [1.29, 1.82) is 0 Å². The second kappa shape index (κ2) is 10.4. The van der Waals surface area contributed by atoms with Crippen LogP contribution in [-0.4, -0.2) is 35.2 Å². The zero-order valence-electron chi connectivity index (χ0n) is 27.0. The van der Waals surface area contributed by atoms with Gasteiger partial charge in [-0.05, 0) is 104 Å². The molecule has 3 saturated carbocycles. The summed E-state index contributed by atoms with van der Waals surface area (Å²) in [6, 6.07) is -0.578. The van der Waals surface area contributed by atoms with Gasteiger partial charge < -0.3 is 15.2 Å². The first-order valence-electron chi connectivity index (χ1n) is 16.3. The number of nitrogens with one attached hydrogen (secondary N) is 1. The molecule has 11 atom stereocenters. The van der Waals surface area contributed by atoms with Gasteiger partial charge in [-0.25, -0.2) is 4.79 Å². The monoisotopic (exact) mass is 565 g/mol. The molecular formula is C36H55NO4. The van der Waals surface area contributed by atoms with E-state index in [-0.39, 0.29) is 51.7 Å². The van der Waals surface area contributed by atoms with Crippen molar-refractivity contribution in [2.45, 2.75) is 126 Å². The lowest BCUT2D eigenvalue weighted by Gasteiger charge is -2.64. The number of hydrogen-bond donors (Lipinski definition) is 2. The summed E-state index contributed by atoms with van der Waals surface area (Å²) >= 11 is 0. The van der Waals surface area contributed by atoms with E-state index in [0.717, 1.165) is 19.3 Å². The van der Waals surface area contributed by atoms with Crippen molar-refractivity contribution in [3.8, 4) is 0 Å². The standard InChI is InChI=1S/C36H55NO4/c1-21(11-10-12-22(2)31(39)37-30-23(3)24(4)41-32(30)40)25-15-19-36(9)27-13-14-28-33(5,6)29(38)17-18-34(28,7)26(27)16-20-35(25,36)8/h10-12,16,21,23-25,27-30,38H,13-15,17-20H2,1-9H3,(H,37,39)/b11-10+,22-12+/t21-,23+,24-,25-,27-,28+,29+,30+,34-,35-,36+/m1/s1. The third-order valence-corrected chi connectivity index (χ3v) is 13.7. The summed E-state index contributed by atoms with van der Waals surface area (Å²) in [5, 5.41) is 13.8. The molecule has 2 N–H and O–H groups in total. The summed E-state index contributed by atoms with van der Waals surface area (Å²) in [5.74, 6) is 1.59. The molecule has 41 heavy (non-hydrogen) atoms. The van der Waals surface area contributed by atoms with Gasteiger partial charge >= 0.3 is 5.97 Å². The molecule has 1 aliphatic heterocycles. The number of ether oxygens (including phenoxy) is 1. The Balaban J connectivity index is 1.30. The summed E-state index contributed by atoms with van der Waals surface area (Å²) < 4.78 is 5.27. The minimum atomic E-state index is -0.578. The summed E-state index contributed by atoms with van der Waals surface area (Å²) in [5.41, 5.74) is 3.02. The van der Waals surface area contributed by atoms with Crippen molar-refractivity contribution in [2.24, 2.45) is 51.2 Å². The number of hydrogen-bond acceptors (Lipinski definition) is 4. The molecule has 5 heteroatoms. The molecule has 1 saturated heterocycles. The Kier molecular flexibility index (Phi) is 7.74. The largest absolute Gasteiger partial charge is 0.461 e. The molecule has 0 unspecified atom stereocenters. The lowest BCUT2D eigenvalue weighted by molar-refractivity contribution is -0.143. The number of carbonyl (C=O) groups excluding carboxylic acids is 2. The molecule has 0 aromatic rings. The van der Waals surface area contributed by atoms with E-state index in [1.54, 1.807) is 5.57 Å². The molecule has 0 aromatic heterocycles. The Morgan fingerprint density at radius 2 is 1.78 bits per heavy atom. The van der Waals surface area contributed by atoms with Gasteiger partial charge in [-0.15, -0.1) is 0 Å². The number of fused-ring (bicyclic) bond motifs is 5. The van der Waals surface area contributed by atoms with Crippen LogP contribution in [0.15, 0.2) is 35.5 Å². The quantitative estimate of drug-likeness (QED) is 0.161. The predicted molar refractivity (Wildman–Crippen MR) is 164 cm³/mol. The fraction of sp³-hybridized carbons (Fsp3) is 0.778. The van der Waals surface area contributed by atoms with Crippen LogP contribution in [0.5, 0.6) is 0 Å². The van der Waals surface area contributed by atoms with Gasteiger partial charge in [-0.1, -0.05) is 78.3 Å². The average molecular weight is 566 g/mol. The van der Waals surface area contributed by atoms with Gasteiger partial charge in [0.25, 0.3) is 0 Å². The van der Waals surface area contributed by atoms with Gasteiger partial charge in [0, 0.05) is 11.5 Å². The van der Waals surface area contributed by atoms with Crippen LogP contribution in [0, 0.1) is 51.2 Å². The molecule has 4 fully saturated rings. The first-order chi connectivity index (χ1) is 19.1. The number of amides is 1. The molecule has 0 aromatic carbocycles. The van der Waals surface area contributed by atoms with Crippen LogP contribution < -0.4 is 5.32 Å².